The van der Waals surface area contributed by atoms with Crippen molar-refractivity contribution in [3.8, 4) is 0 Å². The molecule has 12 heteroatoms. The highest BCUT2D eigenvalue weighted by Crippen LogP contribution is 2.51. The fourth-order valence-corrected chi connectivity index (χ4v) is 8.19. The van der Waals surface area contributed by atoms with Crippen molar-refractivity contribution in [2.75, 3.05) is 5.32 Å². The highest BCUT2D eigenvalue weighted by Gasteiger charge is 2.62. The first-order valence-electron chi connectivity index (χ1n) is 18.9. The van der Waals surface area contributed by atoms with Crippen LogP contribution in [0, 0.1) is 0 Å². The van der Waals surface area contributed by atoms with Gasteiger partial charge < -0.3 is 20.1 Å². The van der Waals surface area contributed by atoms with E-state index in [1.165, 1.54) is 0 Å². The Bertz CT molecular complexity index is 2220. The van der Waals surface area contributed by atoms with Crippen LogP contribution in [0.2, 0.25) is 0 Å². The summed E-state index contributed by atoms with van der Waals surface area (Å²) in [6.45, 7) is 4.00. The van der Waals surface area contributed by atoms with Crippen molar-refractivity contribution in [1.82, 2.24) is 10.6 Å². The van der Waals surface area contributed by atoms with Gasteiger partial charge in [0.05, 0.1) is 16.7 Å². The van der Waals surface area contributed by atoms with E-state index in [2.05, 4.69) is 16.0 Å². The Balaban J connectivity index is 1.46. The topological polar surface area (TPSA) is 54.5 Å². The molecule has 59 heavy (non-hydrogen) atoms. The van der Waals surface area contributed by atoms with Crippen LogP contribution < -0.4 is 16.0 Å². The van der Waals surface area contributed by atoms with Gasteiger partial charge in [-0.25, -0.2) is 0 Å². The van der Waals surface area contributed by atoms with E-state index in [0.29, 0.717) is 29.8 Å². The molecule has 0 bridgehead atoms. The minimum absolute atomic E-state index is 0.0749. The number of hydrogen-bond donors (Lipinski definition) is 3. The fraction of sp³-hybridized carbons (Fsp3) is 0.213. The number of benzene rings is 6. The summed E-state index contributed by atoms with van der Waals surface area (Å²) in [4.78, 5) is 0. The minimum Gasteiger partial charge on any atom is -0.346 e. The molecule has 7 rings (SSSR count). The molecular formula is C47H41F6N3O2S. The number of thiocarbonyl (C=S) groups is 1. The summed E-state index contributed by atoms with van der Waals surface area (Å²) in [7, 11) is 0. The van der Waals surface area contributed by atoms with E-state index >= 15 is 0 Å². The number of hydrogen-bond acceptors (Lipinski definition) is 4. The van der Waals surface area contributed by atoms with Crippen LogP contribution in [0.25, 0.3) is 0 Å². The van der Waals surface area contributed by atoms with Crippen molar-refractivity contribution in [2.24, 2.45) is 0 Å². The summed E-state index contributed by atoms with van der Waals surface area (Å²) in [5.74, 6) is -1.24. The van der Waals surface area contributed by atoms with Gasteiger partial charge in [0.2, 0.25) is 0 Å². The molecule has 3 N–H and O–H groups in total. The maximum Gasteiger partial charge on any atom is 0.416 e. The molecule has 0 saturated carbocycles. The summed E-state index contributed by atoms with van der Waals surface area (Å²) < 4.78 is 98.2. The van der Waals surface area contributed by atoms with Crippen molar-refractivity contribution in [1.29, 1.82) is 0 Å². The van der Waals surface area contributed by atoms with E-state index in [0.717, 1.165) is 16.7 Å². The Morgan fingerprint density at radius 1 is 0.525 bits per heavy atom. The molecule has 1 aliphatic heterocycles. The maximum absolute atomic E-state index is 14.0. The van der Waals surface area contributed by atoms with E-state index in [1.807, 2.05) is 152 Å². The molecule has 0 amide bonds. The average Bonchev–Trinajstić information content (AvgIpc) is 3.56. The smallest absolute Gasteiger partial charge is 0.346 e. The first-order chi connectivity index (χ1) is 28.1. The van der Waals surface area contributed by atoms with Crippen molar-refractivity contribution < 1.29 is 35.8 Å². The zero-order valence-corrected chi connectivity index (χ0v) is 32.8. The summed E-state index contributed by atoms with van der Waals surface area (Å²) >= 11 is 5.89. The molecule has 2 atom stereocenters. The van der Waals surface area contributed by atoms with Gasteiger partial charge in [0, 0.05) is 12.2 Å². The lowest BCUT2D eigenvalue weighted by Crippen LogP contribution is -2.65. The largest absolute Gasteiger partial charge is 0.416 e. The van der Waals surface area contributed by atoms with Gasteiger partial charge in [-0.1, -0.05) is 152 Å². The van der Waals surface area contributed by atoms with Crippen molar-refractivity contribution in [3.05, 3.63) is 209 Å². The highest BCUT2D eigenvalue weighted by atomic mass is 32.1. The summed E-state index contributed by atoms with van der Waals surface area (Å²) in [6.07, 6.45) is -12.1. The standard InChI is InChI=1S/C47H41F6N3O2S/c1-43(2)57-40(44(33-20-10-4-11-21-33,34-22-12-5-13-23-34)54-31-32-18-8-3-9-19-32)41(58-43)45(35-24-14-6-15-25-35,36-26-16-7-17-27-36)56-42(59)55-39-29-37(46(48,49)50)28-38(30-39)47(51,52)53/h3-30,40-41,54H,31H2,1-2H3,(H2,55,56,59)/t40-,41-/m1/s1. The normalized spacial score (nSPS) is 17.0. The Morgan fingerprint density at radius 2 is 0.881 bits per heavy atom. The summed E-state index contributed by atoms with van der Waals surface area (Å²) in [6, 6.07) is 49.3. The van der Waals surface area contributed by atoms with E-state index in [4.69, 9.17) is 21.7 Å². The number of alkyl halides is 6. The molecule has 304 valence electrons. The van der Waals surface area contributed by atoms with Crippen LogP contribution >= 0.6 is 12.2 Å². The quantitative estimate of drug-likeness (QED) is 0.0894. The lowest BCUT2D eigenvalue weighted by atomic mass is 9.68. The lowest BCUT2D eigenvalue weighted by Gasteiger charge is -2.48. The molecular weight excluding hydrogens is 785 g/mol. The lowest BCUT2D eigenvalue weighted by molar-refractivity contribution is -0.156. The van der Waals surface area contributed by atoms with Crippen LogP contribution in [0.5, 0.6) is 0 Å². The second-order valence-electron chi connectivity index (χ2n) is 14.8. The summed E-state index contributed by atoms with van der Waals surface area (Å²) in [5, 5.41) is 9.73. The van der Waals surface area contributed by atoms with Gasteiger partial charge in [-0.15, -0.1) is 0 Å². The van der Waals surface area contributed by atoms with Crippen LogP contribution in [0.3, 0.4) is 0 Å². The van der Waals surface area contributed by atoms with Crippen LogP contribution in [0.1, 0.15) is 52.8 Å². The third-order valence-corrected chi connectivity index (χ3v) is 10.6. The molecule has 6 aromatic rings. The van der Waals surface area contributed by atoms with Crippen molar-refractivity contribution >= 4 is 23.0 Å². The van der Waals surface area contributed by atoms with Gasteiger partial charge in [-0.2, -0.15) is 26.3 Å². The molecule has 0 aliphatic carbocycles. The van der Waals surface area contributed by atoms with Crippen molar-refractivity contribution in [3.63, 3.8) is 0 Å². The Labute approximate surface area is 344 Å². The van der Waals surface area contributed by atoms with Gasteiger partial charge >= 0.3 is 12.4 Å². The van der Waals surface area contributed by atoms with Crippen LogP contribution in [0.4, 0.5) is 32.0 Å². The first kappa shape index (κ1) is 41.6. The molecule has 0 spiro atoms. The molecule has 0 aromatic heterocycles. The molecule has 1 fully saturated rings. The molecule has 5 nitrogen and oxygen atoms in total. The third kappa shape index (κ3) is 8.77. The number of anilines is 1. The Kier molecular flexibility index (Phi) is 11.7. The number of ether oxygens (including phenoxy) is 2. The molecule has 0 radical (unpaired) electrons. The molecule has 6 aromatic carbocycles. The molecule has 1 aliphatic rings. The third-order valence-electron chi connectivity index (χ3n) is 10.4. The number of nitrogens with one attached hydrogen (secondary N) is 3. The van der Waals surface area contributed by atoms with E-state index in [1.54, 1.807) is 13.8 Å². The molecule has 0 unspecified atom stereocenters. The monoisotopic (exact) mass is 825 g/mol. The second kappa shape index (κ2) is 16.6. The zero-order valence-electron chi connectivity index (χ0n) is 32.0. The van der Waals surface area contributed by atoms with Gasteiger partial charge in [-0.3, -0.25) is 5.32 Å². The number of rotatable bonds is 11. The minimum atomic E-state index is -5.07. The van der Waals surface area contributed by atoms with Crippen LogP contribution in [-0.4, -0.2) is 23.1 Å². The van der Waals surface area contributed by atoms with E-state index in [-0.39, 0.29) is 11.2 Å². The van der Waals surface area contributed by atoms with Crippen LogP contribution in [-0.2, 0) is 39.4 Å². The Morgan fingerprint density at radius 3 is 1.27 bits per heavy atom. The predicted octanol–water partition coefficient (Wildman–Crippen LogP) is 11.2. The first-order valence-corrected chi connectivity index (χ1v) is 19.3. The summed E-state index contributed by atoms with van der Waals surface area (Å²) in [5.41, 5.74) is -2.20. The second-order valence-corrected chi connectivity index (χ2v) is 15.2. The fourth-order valence-electron chi connectivity index (χ4n) is 7.91. The highest BCUT2D eigenvalue weighted by molar-refractivity contribution is 7.80. The number of halogens is 6. The maximum atomic E-state index is 14.0. The average molecular weight is 826 g/mol. The van der Waals surface area contributed by atoms with Gasteiger partial charge in [-0.05, 0) is 72.1 Å². The van der Waals surface area contributed by atoms with E-state index in [9.17, 15) is 26.3 Å². The van der Waals surface area contributed by atoms with Gasteiger partial charge in [0.25, 0.3) is 0 Å². The SMILES string of the molecule is CC1(C)O[C@@H](C(NCc2ccccc2)(c2ccccc2)c2ccccc2)[C@H](C(NC(=S)Nc2cc(C(F)(F)F)cc(C(F)(F)F)c2)(c2ccccc2)c2ccccc2)O1. The molecule has 1 saturated heterocycles. The van der Waals surface area contributed by atoms with Gasteiger partial charge in [0.1, 0.15) is 17.7 Å². The van der Waals surface area contributed by atoms with Crippen molar-refractivity contribution in [2.45, 2.75) is 61.8 Å². The Hall–Kier alpha value is -5.53. The predicted molar refractivity (Wildman–Crippen MR) is 220 cm³/mol. The van der Waals surface area contributed by atoms with Gasteiger partial charge in [0.15, 0.2) is 10.9 Å². The van der Waals surface area contributed by atoms with E-state index < -0.39 is 58.2 Å². The molecule has 1 heterocycles. The van der Waals surface area contributed by atoms with Crippen LogP contribution in [0.15, 0.2) is 170 Å². The zero-order chi connectivity index (χ0) is 41.9.